The summed E-state index contributed by atoms with van der Waals surface area (Å²) in [5, 5.41) is -0.431. The molecule has 0 aromatic heterocycles. The molecule has 0 aliphatic rings. The average molecular weight is 181 g/mol. The summed E-state index contributed by atoms with van der Waals surface area (Å²) >= 11 is 1.64. The summed E-state index contributed by atoms with van der Waals surface area (Å²) in [5.74, 6) is 0.862. The molecule has 2 nitrogen and oxygen atoms in total. The third-order valence-electron chi connectivity index (χ3n) is 1.25. The van der Waals surface area contributed by atoms with Gasteiger partial charge >= 0.3 is 0 Å². The van der Waals surface area contributed by atoms with Gasteiger partial charge in [-0.2, -0.15) is 11.8 Å². The van der Waals surface area contributed by atoms with E-state index in [1.165, 1.54) is 6.26 Å². The van der Waals surface area contributed by atoms with Crippen LogP contribution in [0.15, 0.2) is 0 Å². The molecule has 61 valence electrons. The number of hydrogen-bond donors (Lipinski definition) is 0. The zero-order valence-corrected chi connectivity index (χ0v) is 7.96. The van der Waals surface area contributed by atoms with Crippen LogP contribution in [0.3, 0.4) is 0 Å². The van der Waals surface area contributed by atoms with Crippen LogP contribution in [-0.2, 0) is 9.84 Å². The molecule has 0 aromatic carbocycles. The Labute approximate surface area is 67.3 Å². The van der Waals surface area contributed by atoms with E-state index < -0.39 is 15.1 Å². The Bertz CT molecular complexity index is 172. The number of hydrogen-bond acceptors (Lipinski definition) is 3. The van der Waals surface area contributed by atoms with E-state index in [0.29, 0.717) is 6.42 Å². The Kier molecular flexibility index (Phi) is 4.36. The molecule has 0 bridgehead atoms. The van der Waals surface area contributed by atoms with Crippen LogP contribution < -0.4 is 0 Å². The van der Waals surface area contributed by atoms with E-state index >= 15 is 0 Å². The lowest BCUT2D eigenvalue weighted by molar-refractivity contribution is 0.592. The summed E-state index contributed by atoms with van der Waals surface area (Å²) < 4.78 is 21.5. The van der Waals surface area contributed by atoms with Crippen molar-refractivity contribution in [2.24, 2.45) is 0 Å². The van der Waals surface area contributed by atoms with E-state index in [1.807, 2.05) is 6.26 Å². The maximum absolute atomic E-state index is 10.8. The molecule has 4 heteroatoms. The molecular weight excluding hydrogens is 168 g/mol. The van der Waals surface area contributed by atoms with Gasteiger partial charge in [0.1, 0.15) is 9.84 Å². The SMILES string of the molecule is [CH2]C(CCSC)S(C)(=O)=O. The third kappa shape index (κ3) is 4.17. The van der Waals surface area contributed by atoms with E-state index in [1.54, 1.807) is 11.8 Å². The zero-order chi connectivity index (χ0) is 8.20. The highest BCUT2D eigenvalue weighted by Crippen LogP contribution is 2.06. The lowest BCUT2D eigenvalue weighted by Crippen LogP contribution is -2.16. The minimum atomic E-state index is -2.90. The first kappa shape index (κ1) is 10.3. The van der Waals surface area contributed by atoms with Gasteiger partial charge in [0, 0.05) is 6.26 Å². The highest BCUT2D eigenvalue weighted by Gasteiger charge is 2.13. The van der Waals surface area contributed by atoms with Crippen molar-refractivity contribution in [1.29, 1.82) is 0 Å². The summed E-state index contributed by atoms with van der Waals surface area (Å²) in [7, 11) is -2.90. The molecule has 0 aliphatic carbocycles. The standard InChI is InChI=1S/C6H13O2S2/c1-6(4-5-9-2)10(3,7)8/h6H,1,4-5H2,2-3H3. The predicted octanol–water partition coefficient (Wildman–Crippen LogP) is 0.987. The lowest BCUT2D eigenvalue weighted by atomic mass is 10.4. The Morgan fingerprint density at radius 3 is 2.40 bits per heavy atom. The van der Waals surface area contributed by atoms with Gasteiger partial charge in [0.05, 0.1) is 5.25 Å². The van der Waals surface area contributed by atoms with Crippen molar-refractivity contribution in [2.45, 2.75) is 11.7 Å². The molecular formula is C6H13O2S2. The van der Waals surface area contributed by atoms with Crippen molar-refractivity contribution >= 4 is 21.6 Å². The maximum atomic E-state index is 10.8. The lowest BCUT2D eigenvalue weighted by Gasteiger charge is -2.06. The zero-order valence-electron chi connectivity index (χ0n) is 6.33. The van der Waals surface area contributed by atoms with Crippen molar-refractivity contribution in [1.82, 2.24) is 0 Å². The van der Waals surface area contributed by atoms with Crippen LogP contribution in [-0.4, -0.2) is 31.9 Å². The first-order chi connectivity index (χ1) is 4.48. The van der Waals surface area contributed by atoms with Crippen LogP contribution in [0.4, 0.5) is 0 Å². The van der Waals surface area contributed by atoms with Gasteiger partial charge in [0.25, 0.3) is 0 Å². The fourth-order valence-electron chi connectivity index (χ4n) is 0.463. The fourth-order valence-corrected chi connectivity index (χ4v) is 1.68. The Hall–Kier alpha value is 0.300. The molecule has 0 aromatic rings. The van der Waals surface area contributed by atoms with Gasteiger partial charge in [0.2, 0.25) is 0 Å². The van der Waals surface area contributed by atoms with Crippen LogP contribution in [0.2, 0.25) is 0 Å². The first-order valence-corrected chi connectivity index (χ1v) is 6.34. The summed E-state index contributed by atoms with van der Waals surface area (Å²) in [5.41, 5.74) is 0. The highest BCUT2D eigenvalue weighted by molar-refractivity contribution is 7.98. The molecule has 0 heterocycles. The summed E-state index contributed by atoms with van der Waals surface area (Å²) in [6.07, 6.45) is 3.83. The molecule has 0 spiro atoms. The molecule has 0 amide bonds. The van der Waals surface area contributed by atoms with Gasteiger partial charge in [-0.25, -0.2) is 8.42 Å². The molecule has 0 saturated carbocycles. The number of thioether (sulfide) groups is 1. The second kappa shape index (κ2) is 4.23. The number of sulfone groups is 1. The number of rotatable bonds is 4. The highest BCUT2D eigenvalue weighted by atomic mass is 32.2. The third-order valence-corrected chi connectivity index (χ3v) is 3.34. The normalized spacial score (nSPS) is 15.1. The van der Waals surface area contributed by atoms with E-state index in [4.69, 9.17) is 0 Å². The Balaban J connectivity index is 3.75. The monoisotopic (exact) mass is 181 g/mol. The van der Waals surface area contributed by atoms with E-state index in [0.717, 1.165) is 5.75 Å². The molecule has 10 heavy (non-hydrogen) atoms. The van der Waals surface area contributed by atoms with Crippen molar-refractivity contribution in [3.63, 3.8) is 0 Å². The largest absolute Gasteiger partial charge is 0.229 e. The molecule has 1 radical (unpaired) electrons. The van der Waals surface area contributed by atoms with Crippen LogP contribution in [0.5, 0.6) is 0 Å². The smallest absolute Gasteiger partial charge is 0.150 e. The Morgan fingerprint density at radius 1 is 1.60 bits per heavy atom. The molecule has 1 atom stereocenters. The summed E-state index contributed by atoms with van der Waals surface area (Å²) in [6.45, 7) is 3.55. The van der Waals surface area contributed by atoms with Crippen molar-refractivity contribution in [3.8, 4) is 0 Å². The first-order valence-electron chi connectivity index (χ1n) is 2.99. The molecule has 0 saturated heterocycles. The van der Waals surface area contributed by atoms with Crippen LogP contribution >= 0.6 is 11.8 Å². The van der Waals surface area contributed by atoms with E-state index in [2.05, 4.69) is 6.92 Å². The molecule has 1 unspecified atom stereocenters. The van der Waals surface area contributed by atoms with Gasteiger partial charge in [-0.15, -0.1) is 0 Å². The topological polar surface area (TPSA) is 34.1 Å². The predicted molar refractivity (Wildman–Crippen MR) is 47.0 cm³/mol. The van der Waals surface area contributed by atoms with Crippen LogP contribution in [0.1, 0.15) is 6.42 Å². The second-order valence-corrected chi connectivity index (χ2v) is 5.54. The minimum Gasteiger partial charge on any atom is -0.229 e. The van der Waals surface area contributed by atoms with Gasteiger partial charge < -0.3 is 0 Å². The molecule has 0 aliphatic heterocycles. The summed E-state index contributed by atoms with van der Waals surface area (Å²) in [4.78, 5) is 0. The fraction of sp³-hybridized carbons (Fsp3) is 0.833. The molecule has 0 N–H and O–H groups in total. The second-order valence-electron chi connectivity index (χ2n) is 2.23. The minimum absolute atomic E-state index is 0.431. The molecule has 0 fully saturated rings. The quantitative estimate of drug-likeness (QED) is 0.648. The van der Waals surface area contributed by atoms with Gasteiger partial charge in [0.15, 0.2) is 0 Å². The Morgan fingerprint density at radius 2 is 2.10 bits per heavy atom. The van der Waals surface area contributed by atoms with Crippen LogP contribution in [0.25, 0.3) is 0 Å². The van der Waals surface area contributed by atoms with Gasteiger partial charge in [-0.05, 0) is 25.4 Å². The van der Waals surface area contributed by atoms with E-state index in [9.17, 15) is 8.42 Å². The average Bonchev–Trinajstić information content (AvgIpc) is 1.80. The van der Waals surface area contributed by atoms with Gasteiger partial charge in [-0.1, -0.05) is 0 Å². The van der Waals surface area contributed by atoms with Crippen molar-refractivity contribution in [3.05, 3.63) is 6.92 Å². The summed E-state index contributed by atoms with van der Waals surface area (Å²) in [6, 6.07) is 0. The van der Waals surface area contributed by atoms with Gasteiger partial charge in [-0.3, -0.25) is 0 Å². The van der Waals surface area contributed by atoms with Crippen molar-refractivity contribution < 1.29 is 8.42 Å². The van der Waals surface area contributed by atoms with Crippen LogP contribution in [0, 0.1) is 6.92 Å². The molecule has 0 rings (SSSR count). The maximum Gasteiger partial charge on any atom is 0.150 e. The van der Waals surface area contributed by atoms with Crippen molar-refractivity contribution in [2.75, 3.05) is 18.3 Å². The van der Waals surface area contributed by atoms with E-state index in [-0.39, 0.29) is 0 Å².